The molecule has 0 aliphatic rings. The molecule has 0 aliphatic heterocycles. The maximum absolute atomic E-state index is 10.2. The highest BCUT2D eigenvalue weighted by molar-refractivity contribution is 7.99. The van der Waals surface area contributed by atoms with Gasteiger partial charge < -0.3 is 15.3 Å². The van der Waals surface area contributed by atoms with Gasteiger partial charge in [-0.05, 0) is 6.26 Å². The summed E-state index contributed by atoms with van der Waals surface area (Å²) in [7, 11) is 0. The molecule has 2 unspecified atom stereocenters. The van der Waals surface area contributed by atoms with Crippen LogP contribution >= 0.6 is 11.8 Å². The van der Waals surface area contributed by atoms with E-state index in [4.69, 9.17) is 15.3 Å². The second kappa shape index (κ2) is 5.00. The van der Waals surface area contributed by atoms with E-state index in [0.717, 1.165) is 11.8 Å². The van der Waals surface area contributed by atoms with Crippen LogP contribution in [0.15, 0.2) is 0 Å². The van der Waals surface area contributed by atoms with E-state index in [-0.39, 0.29) is 6.42 Å². The van der Waals surface area contributed by atoms with Crippen molar-refractivity contribution in [1.29, 1.82) is 0 Å². The Morgan fingerprint density at radius 2 is 1.92 bits per heavy atom. The van der Waals surface area contributed by atoms with E-state index < -0.39 is 23.3 Å². The van der Waals surface area contributed by atoms with Crippen LogP contribution in [0, 0.1) is 0 Å². The predicted molar refractivity (Wildman–Crippen MR) is 43.2 cm³/mol. The summed E-state index contributed by atoms with van der Waals surface area (Å²) in [5.41, 5.74) is 0. The number of aliphatic hydroxyl groups excluding tert-OH is 1. The monoisotopic (exact) mass is 194 g/mol. The van der Waals surface area contributed by atoms with Gasteiger partial charge in [0.25, 0.3) is 0 Å². The van der Waals surface area contributed by atoms with Gasteiger partial charge in [-0.1, -0.05) is 0 Å². The number of hydrogen-bond acceptors (Lipinski definition) is 4. The lowest BCUT2D eigenvalue weighted by Gasteiger charge is -2.14. The van der Waals surface area contributed by atoms with E-state index in [1.54, 1.807) is 6.26 Å². The Balaban J connectivity index is 4.14. The lowest BCUT2D eigenvalue weighted by atomic mass is 10.2. The summed E-state index contributed by atoms with van der Waals surface area (Å²) < 4.78 is 0. The largest absolute Gasteiger partial charge is 0.481 e. The zero-order chi connectivity index (χ0) is 9.72. The van der Waals surface area contributed by atoms with Crippen molar-refractivity contribution >= 4 is 23.7 Å². The molecule has 0 aromatic rings. The SMILES string of the molecule is CSC(CC(=O)O)C(O)C(=O)O. The molecular formula is C6H10O5S. The number of carboxylic acids is 2. The quantitative estimate of drug-likeness (QED) is 0.553. The van der Waals surface area contributed by atoms with Crippen LogP contribution in [0.3, 0.4) is 0 Å². The third-order valence-electron chi connectivity index (χ3n) is 1.28. The number of thioether (sulfide) groups is 1. The number of rotatable bonds is 5. The van der Waals surface area contributed by atoms with Crippen LogP contribution < -0.4 is 0 Å². The van der Waals surface area contributed by atoms with Gasteiger partial charge in [0.15, 0.2) is 6.10 Å². The van der Waals surface area contributed by atoms with Crippen molar-refractivity contribution in [2.24, 2.45) is 0 Å². The van der Waals surface area contributed by atoms with E-state index in [1.807, 2.05) is 0 Å². The van der Waals surface area contributed by atoms with E-state index >= 15 is 0 Å². The number of hydrogen-bond donors (Lipinski definition) is 3. The molecule has 0 saturated heterocycles. The molecule has 12 heavy (non-hydrogen) atoms. The minimum atomic E-state index is -1.61. The van der Waals surface area contributed by atoms with Gasteiger partial charge in [-0.15, -0.1) is 0 Å². The molecule has 0 saturated carbocycles. The smallest absolute Gasteiger partial charge is 0.333 e. The van der Waals surface area contributed by atoms with Crippen molar-refractivity contribution in [3.05, 3.63) is 0 Å². The average Bonchev–Trinajstić information content (AvgIpc) is 1.98. The molecule has 3 N–H and O–H groups in total. The Morgan fingerprint density at radius 1 is 1.42 bits per heavy atom. The summed E-state index contributed by atoms with van der Waals surface area (Å²) >= 11 is 1.02. The van der Waals surface area contributed by atoms with E-state index in [0.29, 0.717) is 0 Å². The van der Waals surface area contributed by atoms with Gasteiger partial charge in [-0.3, -0.25) is 4.79 Å². The summed E-state index contributed by atoms with van der Waals surface area (Å²) in [6.45, 7) is 0. The molecule has 0 aromatic heterocycles. The van der Waals surface area contributed by atoms with Crippen LogP contribution in [-0.2, 0) is 9.59 Å². The van der Waals surface area contributed by atoms with Crippen LogP contribution in [0.5, 0.6) is 0 Å². The Bertz CT molecular complexity index is 181. The Kier molecular flexibility index (Phi) is 4.68. The van der Waals surface area contributed by atoms with Gasteiger partial charge in [0.1, 0.15) is 0 Å². The maximum atomic E-state index is 10.2. The molecule has 0 aromatic carbocycles. The second-order valence-electron chi connectivity index (χ2n) is 2.16. The normalized spacial score (nSPS) is 15.2. The number of aliphatic hydroxyl groups is 1. The molecule has 5 nitrogen and oxygen atoms in total. The fourth-order valence-electron chi connectivity index (χ4n) is 0.655. The number of carbonyl (C=O) groups is 2. The number of carboxylic acid groups (broad SMARTS) is 2. The lowest BCUT2D eigenvalue weighted by Crippen LogP contribution is -2.33. The fraction of sp³-hybridized carbons (Fsp3) is 0.667. The summed E-state index contributed by atoms with van der Waals surface area (Å²) in [6, 6.07) is 0. The van der Waals surface area contributed by atoms with Gasteiger partial charge in [-0.25, -0.2) is 4.79 Å². The fourth-order valence-corrected chi connectivity index (χ4v) is 1.34. The van der Waals surface area contributed by atoms with Crippen molar-refractivity contribution in [2.75, 3.05) is 6.26 Å². The molecule has 0 radical (unpaired) electrons. The molecule has 0 heterocycles. The molecule has 0 aliphatic carbocycles. The zero-order valence-electron chi connectivity index (χ0n) is 6.43. The van der Waals surface area contributed by atoms with Crippen molar-refractivity contribution in [2.45, 2.75) is 17.8 Å². The minimum Gasteiger partial charge on any atom is -0.481 e. The third kappa shape index (κ3) is 3.59. The van der Waals surface area contributed by atoms with Crippen LogP contribution in [0.4, 0.5) is 0 Å². The highest BCUT2D eigenvalue weighted by Crippen LogP contribution is 2.15. The van der Waals surface area contributed by atoms with Gasteiger partial charge >= 0.3 is 11.9 Å². The summed E-state index contributed by atoms with van der Waals surface area (Å²) in [5.74, 6) is -2.51. The summed E-state index contributed by atoms with van der Waals surface area (Å²) in [4.78, 5) is 20.4. The Morgan fingerprint density at radius 3 is 2.17 bits per heavy atom. The van der Waals surface area contributed by atoms with Crippen LogP contribution in [0.1, 0.15) is 6.42 Å². The predicted octanol–water partition coefficient (Wildman–Crippen LogP) is -0.362. The zero-order valence-corrected chi connectivity index (χ0v) is 7.24. The standard InChI is InChI=1S/C6H10O5S/c1-12-3(2-4(7)8)5(9)6(10)11/h3,5,9H,2H2,1H3,(H,7,8)(H,10,11). The minimum absolute atomic E-state index is 0.353. The van der Waals surface area contributed by atoms with Crippen LogP contribution in [-0.4, -0.2) is 44.9 Å². The van der Waals surface area contributed by atoms with E-state index in [2.05, 4.69) is 0 Å². The lowest BCUT2D eigenvalue weighted by molar-refractivity contribution is -0.147. The summed E-state index contributed by atoms with van der Waals surface area (Å²) in [5, 5.41) is 24.8. The third-order valence-corrected chi connectivity index (χ3v) is 2.31. The number of aliphatic carboxylic acids is 2. The average molecular weight is 194 g/mol. The van der Waals surface area contributed by atoms with Crippen molar-refractivity contribution < 1.29 is 24.9 Å². The van der Waals surface area contributed by atoms with E-state index in [9.17, 15) is 9.59 Å². The van der Waals surface area contributed by atoms with Crippen molar-refractivity contribution in [3.8, 4) is 0 Å². The van der Waals surface area contributed by atoms with Crippen molar-refractivity contribution in [3.63, 3.8) is 0 Å². The first-order valence-corrected chi connectivity index (χ1v) is 4.43. The molecular weight excluding hydrogens is 184 g/mol. The van der Waals surface area contributed by atoms with Gasteiger partial charge in [-0.2, -0.15) is 11.8 Å². The topological polar surface area (TPSA) is 94.8 Å². The van der Waals surface area contributed by atoms with Gasteiger partial charge in [0.2, 0.25) is 0 Å². The molecule has 0 rings (SSSR count). The molecule has 0 amide bonds. The Labute approximate surface area is 73.4 Å². The molecule has 70 valence electrons. The molecule has 0 spiro atoms. The van der Waals surface area contributed by atoms with Gasteiger partial charge in [0, 0.05) is 0 Å². The van der Waals surface area contributed by atoms with E-state index in [1.165, 1.54) is 0 Å². The Hall–Kier alpha value is -0.750. The van der Waals surface area contributed by atoms with Crippen LogP contribution in [0.2, 0.25) is 0 Å². The molecule has 0 fully saturated rings. The summed E-state index contributed by atoms with van der Waals surface area (Å²) in [6.07, 6.45) is -0.412. The molecule has 6 heteroatoms. The first kappa shape index (κ1) is 11.2. The highest BCUT2D eigenvalue weighted by atomic mass is 32.2. The molecule has 0 bridgehead atoms. The maximum Gasteiger partial charge on any atom is 0.333 e. The van der Waals surface area contributed by atoms with Crippen molar-refractivity contribution in [1.82, 2.24) is 0 Å². The first-order valence-electron chi connectivity index (χ1n) is 3.14. The van der Waals surface area contributed by atoms with Crippen LogP contribution in [0.25, 0.3) is 0 Å². The molecule has 2 atom stereocenters. The highest BCUT2D eigenvalue weighted by Gasteiger charge is 2.26. The first-order chi connectivity index (χ1) is 5.49. The van der Waals surface area contributed by atoms with Gasteiger partial charge in [0.05, 0.1) is 11.7 Å². The second-order valence-corrected chi connectivity index (χ2v) is 3.23.